The van der Waals surface area contributed by atoms with Gasteiger partial charge in [0.2, 0.25) is 0 Å². The largest absolute Gasteiger partial charge is 0.480 e. The number of carbonyl (C=O) groups is 2. The Labute approximate surface area is 98.5 Å². The minimum atomic E-state index is -1.39. The third-order valence-corrected chi connectivity index (χ3v) is 2.27. The number of carbonyl (C=O) groups excluding carboxylic acids is 1. The summed E-state index contributed by atoms with van der Waals surface area (Å²) in [4.78, 5) is 22.6. The summed E-state index contributed by atoms with van der Waals surface area (Å²) in [5.41, 5.74) is -0.683. The first-order valence-electron chi connectivity index (χ1n) is 5.05. The molecule has 1 aromatic rings. The molecule has 0 heterocycles. The van der Waals surface area contributed by atoms with E-state index in [-0.39, 0.29) is 5.56 Å². The molecule has 5 heteroatoms. The van der Waals surface area contributed by atoms with Gasteiger partial charge in [0, 0.05) is 5.56 Å². The predicted molar refractivity (Wildman–Crippen MR) is 60.3 cm³/mol. The van der Waals surface area contributed by atoms with Crippen LogP contribution in [0, 0.1) is 12.7 Å². The molecule has 0 unspecified atom stereocenters. The fraction of sp³-hybridized carbons (Fsp3) is 0.333. The molecule has 4 nitrogen and oxygen atoms in total. The minimum Gasteiger partial charge on any atom is -0.480 e. The Morgan fingerprint density at radius 2 is 1.88 bits per heavy atom. The third-order valence-electron chi connectivity index (χ3n) is 2.27. The zero-order valence-corrected chi connectivity index (χ0v) is 9.87. The van der Waals surface area contributed by atoms with Crippen LogP contribution in [0.4, 0.5) is 4.39 Å². The topological polar surface area (TPSA) is 66.4 Å². The smallest absolute Gasteiger partial charge is 0.328 e. The molecule has 0 bridgehead atoms. The number of carboxylic acid groups (broad SMARTS) is 1. The highest BCUT2D eigenvalue weighted by Gasteiger charge is 2.29. The summed E-state index contributed by atoms with van der Waals surface area (Å²) in [6.45, 7) is 4.38. The summed E-state index contributed by atoms with van der Waals surface area (Å²) < 4.78 is 13.1. The fourth-order valence-corrected chi connectivity index (χ4v) is 1.28. The molecular formula is C12H14FNO3. The predicted octanol–water partition coefficient (Wildman–Crippen LogP) is 1.73. The number of rotatable bonds is 3. The lowest BCUT2D eigenvalue weighted by Gasteiger charge is -2.21. The molecule has 1 amide bonds. The lowest BCUT2D eigenvalue weighted by molar-refractivity contribution is -0.143. The van der Waals surface area contributed by atoms with Crippen molar-refractivity contribution in [1.29, 1.82) is 0 Å². The van der Waals surface area contributed by atoms with Gasteiger partial charge in [-0.1, -0.05) is 0 Å². The molecule has 92 valence electrons. The van der Waals surface area contributed by atoms with E-state index in [1.807, 2.05) is 0 Å². The lowest BCUT2D eigenvalue weighted by Crippen LogP contribution is -2.49. The zero-order chi connectivity index (χ0) is 13.2. The Hall–Kier alpha value is -1.91. The average molecular weight is 239 g/mol. The van der Waals surface area contributed by atoms with Crippen molar-refractivity contribution in [1.82, 2.24) is 5.32 Å². The van der Waals surface area contributed by atoms with Crippen LogP contribution >= 0.6 is 0 Å². The number of nitrogens with one attached hydrogen (secondary N) is 1. The Morgan fingerprint density at radius 3 is 2.35 bits per heavy atom. The molecule has 1 aromatic carbocycles. The Kier molecular flexibility index (Phi) is 3.50. The van der Waals surface area contributed by atoms with Gasteiger partial charge >= 0.3 is 5.97 Å². The molecule has 0 fully saturated rings. The van der Waals surface area contributed by atoms with Crippen LogP contribution in [0.25, 0.3) is 0 Å². The molecular weight excluding hydrogens is 225 g/mol. The van der Waals surface area contributed by atoms with Crippen molar-refractivity contribution in [3.8, 4) is 0 Å². The summed E-state index contributed by atoms with van der Waals surface area (Å²) >= 11 is 0. The van der Waals surface area contributed by atoms with Crippen LogP contribution in [0.1, 0.15) is 29.8 Å². The Morgan fingerprint density at radius 1 is 1.29 bits per heavy atom. The number of aliphatic carboxylic acids is 1. The maximum absolute atomic E-state index is 13.1. The number of hydrogen-bond donors (Lipinski definition) is 2. The van der Waals surface area contributed by atoms with Gasteiger partial charge in [0.25, 0.3) is 5.91 Å². The second-order valence-electron chi connectivity index (χ2n) is 4.40. The van der Waals surface area contributed by atoms with Gasteiger partial charge in [-0.05, 0) is 44.5 Å². The van der Waals surface area contributed by atoms with Crippen LogP contribution < -0.4 is 5.32 Å². The molecule has 1 rings (SSSR count). The number of halogens is 1. The van der Waals surface area contributed by atoms with Crippen molar-refractivity contribution in [3.05, 3.63) is 35.1 Å². The SMILES string of the molecule is Cc1cc(F)cc(C(=O)NC(C)(C)C(=O)O)c1. The fourth-order valence-electron chi connectivity index (χ4n) is 1.28. The van der Waals surface area contributed by atoms with Crippen LogP contribution in [0.2, 0.25) is 0 Å². The highest BCUT2D eigenvalue weighted by molar-refractivity contribution is 5.97. The van der Waals surface area contributed by atoms with Crippen molar-refractivity contribution in [3.63, 3.8) is 0 Å². The second-order valence-corrected chi connectivity index (χ2v) is 4.40. The normalized spacial score (nSPS) is 11.1. The van der Waals surface area contributed by atoms with E-state index in [4.69, 9.17) is 5.11 Å². The number of amides is 1. The first kappa shape index (κ1) is 13.2. The van der Waals surface area contributed by atoms with Gasteiger partial charge in [-0.15, -0.1) is 0 Å². The quantitative estimate of drug-likeness (QED) is 0.844. The van der Waals surface area contributed by atoms with Crippen molar-refractivity contribution in [2.75, 3.05) is 0 Å². The van der Waals surface area contributed by atoms with E-state index in [1.54, 1.807) is 6.92 Å². The highest BCUT2D eigenvalue weighted by atomic mass is 19.1. The molecule has 0 atom stereocenters. The number of benzene rings is 1. The van der Waals surface area contributed by atoms with Crippen LogP contribution in [0.3, 0.4) is 0 Å². The first-order valence-corrected chi connectivity index (χ1v) is 5.05. The van der Waals surface area contributed by atoms with Gasteiger partial charge in [-0.2, -0.15) is 0 Å². The first-order chi connectivity index (χ1) is 7.72. The molecule has 0 aliphatic heterocycles. The van der Waals surface area contributed by atoms with Gasteiger partial charge in [0.1, 0.15) is 11.4 Å². The second kappa shape index (κ2) is 4.53. The van der Waals surface area contributed by atoms with Gasteiger partial charge in [-0.25, -0.2) is 9.18 Å². The van der Waals surface area contributed by atoms with E-state index in [0.29, 0.717) is 5.56 Å². The van der Waals surface area contributed by atoms with E-state index in [2.05, 4.69) is 5.32 Å². The van der Waals surface area contributed by atoms with Gasteiger partial charge < -0.3 is 10.4 Å². The molecule has 2 N–H and O–H groups in total. The maximum Gasteiger partial charge on any atom is 0.328 e. The third kappa shape index (κ3) is 3.27. The summed E-state index contributed by atoms with van der Waals surface area (Å²) in [7, 11) is 0. The van der Waals surface area contributed by atoms with Crippen LogP contribution in [0.15, 0.2) is 18.2 Å². The number of carboxylic acids is 1. The summed E-state index contributed by atoms with van der Waals surface area (Å²) in [6, 6.07) is 3.86. The van der Waals surface area contributed by atoms with Crippen molar-refractivity contribution in [2.45, 2.75) is 26.3 Å². The minimum absolute atomic E-state index is 0.108. The van der Waals surface area contributed by atoms with E-state index in [9.17, 15) is 14.0 Å². The Balaban J connectivity index is 2.94. The van der Waals surface area contributed by atoms with E-state index in [0.717, 1.165) is 6.07 Å². The van der Waals surface area contributed by atoms with Crippen LogP contribution in [-0.2, 0) is 4.79 Å². The zero-order valence-electron chi connectivity index (χ0n) is 9.87. The van der Waals surface area contributed by atoms with Crippen molar-refractivity contribution >= 4 is 11.9 Å². The Bertz CT molecular complexity index is 449. The number of hydrogen-bond acceptors (Lipinski definition) is 2. The van der Waals surface area contributed by atoms with E-state index in [1.165, 1.54) is 26.0 Å². The summed E-state index contributed by atoms with van der Waals surface area (Å²) in [5, 5.41) is 11.2. The van der Waals surface area contributed by atoms with Crippen molar-refractivity contribution < 1.29 is 19.1 Å². The highest BCUT2D eigenvalue weighted by Crippen LogP contribution is 2.10. The molecule has 17 heavy (non-hydrogen) atoms. The van der Waals surface area contributed by atoms with Crippen LogP contribution in [0.5, 0.6) is 0 Å². The van der Waals surface area contributed by atoms with Gasteiger partial charge in [0.05, 0.1) is 0 Å². The molecule has 0 radical (unpaired) electrons. The average Bonchev–Trinajstić information content (AvgIpc) is 2.15. The summed E-state index contributed by atoms with van der Waals surface area (Å²) in [6.07, 6.45) is 0. The number of aryl methyl sites for hydroxylation is 1. The molecule has 0 aliphatic rings. The van der Waals surface area contributed by atoms with Gasteiger partial charge in [-0.3, -0.25) is 4.79 Å². The van der Waals surface area contributed by atoms with E-state index < -0.39 is 23.2 Å². The summed E-state index contributed by atoms with van der Waals surface area (Å²) in [5.74, 6) is -2.29. The monoisotopic (exact) mass is 239 g/mol. The molecule has 0 spiro atoms. The molecule has 0 aromatic heterocycles. The standard InChI is InChI=1S/C12H14FNO3/c1-7-4-8(6-9(13)5-7)10(15)14-12(2,3)11(16)17/h4-6H,1-3H3,(H,14,15)(H,16,17). The maximum atomic E-state index is 13.1. The molecule has 0 aliphatic carbocycles. The van der Waals surface area contributed by atoms with Gasteiger partial charge in [0.15, 0.2) is 0 Å². The molecule has 0 saturated heterocycles. The lowest BCUT2D eigenvalue weighted by atomic mass is 10.0. The van der Waals surface area contributed by atoms with Crippen LogP contribution in [-0.4, -0.2) is 22.5 Å². The molecule has 0 saturated carbocycles. The van der Waals surface area contributed by atoms with Crippen molar-refractivity contribution in [2.24, 2.45) is 0 Å². The van der Waals surface area contributed by atoms with E-state index >= 15 is 0 Å².